The summed E-state index contributed by atoms with van der Waals surface area (Å²) in [7, 11) is 1.62. The van der Waals surface area contributed by atoms with Crippen molar-refractivity contribution < 1.29 is 9.53 Å². The Hall–Kier alpha value is -3.75. The predicted molar refractivity (Wildman–Crippen MR) is 116 cm³/mol. The fraction of sp³-hybridized carbons (Fsp3) is 0.318. The van der Waals surface area contributed by atoms with Crippen LogP contribution in [0.5, 0.6) is 5.75 Å². The Labute approximate surface area is 179 Å². The maximum absolute atomic E-state index is 12.4. The normalized spacial score (nSPS) is 11.1. The van der Waals surface area contributed by atoms with Crippen molar-refractivity contribution in [3.8, 4) is 17.1 Å². The summed E-state index contributed by atoms with van der Waals surface area (Å²) >= 11 is 0. The zero-order chi connectivity index (χ0) is 22.0. The average Bonchev–Trinajstić information content (AvgIpc) is 3.38. The first-order valence-corrected chi connectivity index (χ1v) is 10.1. The first kappa shape index (κ1) is 20.5. The van der Waals surface area contributed by atoms with Gasteiger partial charge in [0.1, 0.15) is 11.6 Å². The van der Waals surface area contributed by atoms with Gasteiger partial charge in [0, 0.05) is 29.4 Å². The highest BCUT2D eigenvalue weighted by atomic mass is 16.5. The lowest BCUT2D eigenvalue weighted by Crippen LogP contribution is -2.24. The quantitative estimate of drug-likeness (QED) is 0.477. The number of aromatic amines is 1. The fourth-order valence-corrected chi connectivity index (χ4v) is 3.56. The van der Waals surface area contributed by atoms with Crippen LogP contribution >= 0.6 is 0 Å². The van der Waals surface area contributed by atoms with Gasteiger partial charge in [-0.1, -0.05) is 0 Å². The molecule has 1 aromatic carbocycles. The molecule has 9 heteroatoms. The van der Waals surface area contributed by atoms with Crippen LogP contribution in [0.3, 0.4) is 0 Å². The molecule has 0 bridgehead atoms. The summed E-state index contributed by atoms with van der Waals surface area (Å²) in [6, 6.07) is 9.44. The van der Waals surface area contributed by atoms with E-state index < -0.39 is 0 Å². The van der Waals surface area contributed by atoms with Gasteiger partial charge in [0.15, 0.2) is 11.5 Å². The van der Waals surface area contributed by atoms with Gasteiger partial charge in [-0.3, -0.25) is 9.89 Å². The third kappa shape index (κ3) is 4.40. The van der Waals surface area contributed by atoms with Crippen LogP contribution in [0.4, 0.5) is 0 Å². The van der Waals surface area contributed by atoms with E-state index in [4.69, 9.17) is 4.74 Å². The molecule has 4 aromatic rings. The largest absolute Gasteiger partial charge is 0.497 e. The second-order valence-electron chi connectivity index (χ2n) is 7.43. The molecule has 0 aliphatic rings. The number of carbonyl (C=O) groups is 1. The van der Waals surface area contributed by atoms with Gasteiger partial charge in [0.05, 0.1) is 19.3 Å². The van der Waals surface area contributed by atoms with E-state index in [1.807, 2.05) is 55.6 Å². The Bertz CT molecular complexity index is 1220. The Morgan fingerprint density at radius 2 is 1.94 bits per heavy atom. The molecule has 0 saturated heterocycles. The molecule has 0 saturated carbocycles. The Morgan fingerprint density at radius 3 is 2.68 bits per heavy atom. The summed E-state index contributed by atoms with van der Waals surface area (Å²) in [5.74, 6) is 1.89. The topological polar surface area (TPSA) is 110 Å². The van der Waals surface area contributed by atoms with Crippen molar-refractivity contribution in [2.45, 2.75) is 40.2 Å². The fourth-order valence-electron chi connectivity index (χ4n) is 3.56. The summed E-state index contributed by atoms with van der Waals surface area (Å²) in [5.41, 5.74) is 5.62. The molecule has 0 aliphatic heterocycles. The summed E-state index contributed by atoms with van der Waals surface area (Å²) < 4.78 is 7.00. The van der Waals surface area contributed by atoms with Crippen molar-refractivity contribution in [1.82, 2.24) is 35.1 Å². The van der Waals surface area contributed by atoms with Gasteiger partial charge < -0.3 is 10.1 Å². The molecule has 1 amide bonds. The number of aryl methyl sites for hydroxylation is 3. The molecular weight excluding hydrogens is 394 g/mol. The van der Waals surface area contributed by atoms with Crippen molar-refractivity contribution >= 4 is 11.6 Å². The number of ether oxygens (including phenoxy) is 1. The molecule has 0 spiro atoms. The molecule has 3 aromatic heterocycles. The molecular formula is C22H25N7O2. The zero-order valence-electron chi connectivity index (χ0n) is 18.1. The van der Waals surface area contributed by atoms with E-state index >= 15 is 0 Å². The molecule has 0 unspecified atom stereocenters. The number of fused-ring (bicyclic) bond motifs is 1. The third-order valence-corrected chi connectivity index (χ3v) is 5.22. The van der Waals surface area contributed by atoms with E-state index in [1.165, 1.54) is 0 Å². The minimum absolute atomic E-state index is 0.0575. The molecule has 9 nitrogen and oxygen atoms in total. The van der Waals surface area contributed by atoms with Crippen LogP contribution in [0.25, 0.3) is 17.0 Å². The zero-order valence-corrected chi connectivity index (χ0v) is 18.1. The van der Waals surface area contributed by atoms with Crippen molar-refractivity contribution in [2.24, 2.45) is 0 Å². The van der Waals surface area contributed by atoms with Crippen LogP contribution in [0.2, 0.25) is 0 Å². The molecule has 0 radical (unpaired) electrons. The standard InChI is InChI=1S/C22H25N7O2/c1-13-11-20-24-14(2)18(15(3)29(20)28-13)9-10-21(30)23-12-19-25-22(27-26-19)16-5-7-17(31-4)8-6-16/h5-8,11H,9-10,12H2,1-4H3,(H,23,30)(H,25,26,27). The number of amides is 1. The van der Waals surface area contributed by atoms with Gasteiger partial charge in [-0.2, -0.15) is 10.2 Å². The minimum Gasteiger partial charge on any atom is -0.497 e. The highest BCUT2D eigenvalue weighted by Gasteiger charge is 2.13. The molecule has 3 heterocycles. The van der Waals surface area contributed by atoms with E-state index in [1.54, 1.807) is 7.11 Å². The molecule has 0 aliphatic carbocycles. The number of H-pyrrole nitrogens is 1. The van der Waals surface area contributed by atoms with Crippen LogP contribution in [-0.4, -0.2) is 42.8 Å². The lowest BCUT2D eigenvalue weighted by Gasteiger charge is -2.11. The van der Waals surface area contributed by atoms with Crippen LogP contribution in [-0.2, 0) is 17.8 Å². The van der Waals surface area contributed by atoms with E-state index in [0.717, 1.165) is 39.6 Å². The van der Waals surface area contributed by atoms with Gasteiger partial charge >= 0.3 is 0 Å². The smallest absolute Gasteiger partial charge is 0.220 e. The number of carbonyl (C=O) groups excluding carboxylic acids is 1. The van der Waals surface area contributed by atoms with Gasteiger partial charge in [-0.25, -0.2) is 14.5 Å². The SMILES string of the molecule is COc1ccc(-c2n[nH]c(CNC(=O)CCc3c(C)nc4cc(C)nn4c3C)n2)cc1. The second-order valence-corrected chi connectivity index (χ2v) is 7.43. The number of rotatable bonds is 7. The number of methoxy groups -OCH3 is 1. The van der Waals surface area contributed by atoms with E-state index in [2.05, 4.69) is 30.6 Å². The van der Waals surface area contributed by atoms with E-state index in [0.29, 0.717) is 24.5 Å². The van der Waals surface area contributed by atoms with Gasteiger partial charge in [0.25, 0.3) is 0 Å². The Balaban J connectivity index is 1.35. The highest BCUT2D eigenvalue weighted by molar-refractivity contribution is 5.76. The van der Waals surface area contributed by atoms with E-state index in [9.17, 15) is 4.79 Å². The third-order valence-electron chi connectivity index (χ3n) is 5.22. The maximum Gasteiger partial charge on any atom is 0.220 e. The number of nitrogens with one attached hydrogen (secondary N) is 2. The number of benzene rings is 1. The lowest BCUT2D eigenvalue weighted by molar-refractivity contribution is -0.121. The van der Waals surface area contributed by atoms with Crippen molar-refractivity contribution in [1.29, 1.82) is 0 Å². The van der Waals surface area contributed by atoms with Gasteiger partial charge in [-0.05, 0) is 57.0 Å². The van der Waals surface area contributed by atoms with Crippen LogP contribution < -0.4 is 10.1 Å². The molecule has 0 fully saturated rings. The van der Waals surface area contributed by atoms with Gasteiger partial charge in [0.2, 0.25) is 5.91 Å². The Morgan fingerprint density at radius 1 is 1.16 bits per heavy atom. The van der Waals surface area contributed by atoms with Gasteiger partial charge in [-0.15, -0.1) is 0 Å². The molecule has 0 atom stereocenters. The number of nitrogens with zero attached hydrogens (tertiary/aromatic N) is 5. The summed E-state index contributed by atoms with van der Waals surface area (Å²) in [6.07, 6.45) is 0.952. The van der Waals surface area contributed by atoms with Crippen molar-refractivity contribution in [2.75, 3.05) is 7.11 Å². The van der Waals surface area contributed by atoms with Crippen molar-refractivity contribution in [3.63, 3.8) is 0 Å². The number of hydrogen-bond donors (Lipinski definition) is 2. The van der Waals surface area contributed by atoms with Crippen LogP contribution in [0, 0.1) is 20.8 Å². The monoisotopic (exact) mass is 419 g/mol. The minimum atomic E-state index is -0.0575. The first-order chi connectivity index (χ1) is 14.9. The molecule has 4 rings (SSSR count). The predicted octanol–water partition coefficient (Wildman–Crippen LogP) is 2.70. The summed E-state index contributed by atoms with van der Waals surface area (Å²) in [4.78, 5) is 21.5. The maximum atomic E-state index is 12.4. The molecule has 160 valence electrons. The summed E-state index contributed by atoms with van der Waals surface area (Å²) in [6.45, 7) is 6.21. The van der Waals surface area contributed by atoms with E-state index in [-0.39, 0.29) is 12.5 Å². The Kier molecular flexibility index (Phi) is 5.66. The van der Waals surface area contributed by atoms with Crippen molar-refractivity contribution in [3.05, 3.63) is 58.8 Å². The number of aromatic nitrogens is 6. The average molecular weight is 419 g/mol. The number of hydrogen-bond acceptors (Lipinski definition) is 6. The van der Waals surface area contributed by atoms with Crippen LogP contribution in [0.15, 0.2) is 30.3 Å². The first-order valence-electron chi connectivity index (χ1n) is 10.1. The molecule has 31 heavy (non-hydrogen) atoms. The van der Waals surface area contributed by atoms with Crippen LogP contribution in [0.1, 0.15) is 34.9 Å². The lowest BCUT2D eigenvalue weighted by atomic mass is 10.1. The highest BCUT2D eigenvalue weighted by Crippen LogP contribution is 2.19. The summed E-state index contributed by atoms with van der Waals surface area (Å²) in [5, 5.41) is 14.5. The molecule has 2 N–H and O–H groups in total. The second kappa shape index (κ2) is 8.55.